The lowest BCUT2D eigenvalue weighted by Crippen LogP contribution is -2.27. The van der Waals surface area contributed by atoms with Crippen molar-refractivity contribution < 1.29 is 23.8 Å². The number of benzene rings is 3. The number of para-hydroxylation sites is 1. The van der Waals surface area contributed by atoms with E-state index in [1.165, 1.54) is 4.90 Å². The number of imide groups is 1. The molecule has 0 spiro atoms. The number of carbonyl (C=O) groups is 2. The summed E-state index contributed by atoms with van der Waals surface area (Å²) >= 11 is 0.938. The first-order valence-corrected chi connectivity index (χ1v) is 11.2. The van der Waals surface area contributed by atoms with Crippen molar-refractivity contribution in [2.45, 2.75) is 6.54 Å². The van der Waals surface area contributed by atoms with Crippen LogP contribution in [0.2, 0.25) is 0 Å². The van der Waals surface area contributed by atoms with E-state index in [9.17, 15) is 9.59 Å². The molecule has 1 aliphatic heterocycles. The Labute approximate surface area is 196 Å². The molecule has 3 aromatic carbocycles. The summed E-state index contributed by atoms with van der Waals surface area (Å²) in [6, 6.07) is 24.3. The van der Waals surface area contributed by atoms with E-state index in [2.05, 4.69) is 0 Å². The van der Waals surface area contributed by atoms with Crippen LogP contribution >= 0.6 is 11.8 Å². The normalized spacial score (nSPS) is 14.6. The van der Waals surface area contributed by atoms with Crippen molar-refractivity contribution in [3.63, 3.8) is 0 Å². The Hall–Kier alpha value is -3.71. The Kier molecular flexibility index (Phi) is 7.32. The SMILES string of the molecule is COc1cc(/C=C2\SC(=O)N(Cc3ccccc3)C2=O)ccc1OCCOc1ccccc1. The van der Waals surface area contributed by atoms with Crippen LogP contribution in [0.5, 0.6) is 17.2 Å². The van der Waals surface area contributed by atoms with Gasteiger partial charge in [-0.15, -0.1) is 0 Å². The highest BCUT2D eigenvalue weighted by atomic mass is 32.2. The number of hydrogen-bond acceptors (Lipinski definition) is 6. The average Bonchev–Trinajstić information content (AvgIpc) is 3.11. The third kappa shape index (κ3) is 5.75. The minimum atomic E-state index is -0.300. The fourth-order valence-corrected chi connectivity index (χ4v) is 4.11. The minimum absolute atomic E-state index is 0.254. The number of thioether (sulfide) groups is 1. The fourth-order valence-electron chi connectivity index (χ4n) is 3.27. The van der Waals surface area contributed by atoms with Crippen molar-refractivity contribution in [2.75, 3.05) is 20.3 Å². The lowest BCUT2D eigenvalue weighted by Gasteiger charge is -2.13. The molecule has 0 atom stereocenters. The van der Waals surface area contributed by atoms with Gasteiger partial charge >= 0.3 is 0 Å². The first-order chi connectivity index (χ1) is 16.1. The van der Waals surface area contributed by atoms with Gasteiger partial charge in [-0.1, -0.05) is 54.6 Å². The second-order valence-electron chi connectivity index (χ2n) is 7.17. The fraction of sp³-hybridized carbons (Fsp3) is 0.154. The summed E-state index contributed by atoms with van der Waals surface area (Å²) in [5.41, 5.74) is 1.64. The van der Waals surface area contributed by atoms with E-state index in [0.29, 0.717) is 29.6 Å². The standard InChI is InChI=1S/C26H23NO5S/c1-30-23-16-20(12-13-22(23)32-15-14-31-21-10-6-3-7-11-21)17-24-25(28)27(26(29)33-24)18-19-8-4-2-5-9-19/h2-13,16-17H,14-15,18H2,1H3/b24-17-. The Balaban J connectivity index is 1.39. The van der Waals surface area contributed by atoms with Crippen LogP contribution < -0.4 is 14.2 Å². The smallest absolute Gasteiger partial charge is 0.293 e. The summed E-state index contributed by atoms with van der Waals surface area (Å²) in [7, 11) is 1.56. The molecular weight excluding hydrogens is 438 g/mol. The molecule has 0 aliphatic carbocycles. The van der Waals surface area contributed by atoms with Crippen molar-refractivity contribution >= 4 is 29.0 Å². The average molecular weight is 462 g/mol. The molecule has 1 fully saturated rings. The Morgan fingerprint density at radius 1 is 0.848 bits per heavy atom. The van der Waals surface area contributed by atoms with Crippen LogP contribution in [0.3, 0.4) is 0 Å². The first-order valence-electron chi connectivity index (χ1n) is 10.4. The van der Waals surface area contributed by atoms with E-state index < -0.39 is 0 Å². The van der Waals surface area contributed by atoms with Gasteiger partial charge in [-0.2, -0.15) is 0 Å². The third-order valence-electron chi connectivity index (χ3n) is 4.90. The monoisotopic (exact) mass is 461 g/mol. The number of amides is 2. The molecule has 2 amide bonds. The molecule has 0 unspecified atom stereocenters. The van der Waals surface area contributed by atoms with Crippen molar-refractivity contribution in [1.82, 2.24) is 4.90 Å². The largest absolute Gasteiger partial charge is 0.493 e. The molecule has 3 aromatic rings. The van der Waals surface area contributed by atoms with Gasteiger partial charge in [-0.25, -0.2) is 0 Å². The second kappa shape index (κ2) is 10.7. The maximum Gasteiger partial charge on any atom is 0.293 e. The number of nitrogens with zero attached hydrogens (tertiary/aromatic N) is 1. The zero-order valence-electron chi connectivity index (χ0n) is 18.1. The van der Waals surface area contributed by atoms with Gasteiger partial charge in [0.1, 0.15) is 19.0 Å². The van der Waals surface area contributed by atoms with Gasteiger partial charge in [0.2, 0.25) is 0 Å². The minimum Gasteiger partial charge on any atom is -0.493 e. The predicted octanol–water partition coefficient (Wildman–Crippen LogP) is 5.39. The van der Waals surface area contributed by atoms with E-state index in [4.69, 9.17) is 14.2 Å². The second-order valence-corrected chi connectivity index (χ2v) is 8.17. The van der Waals surface area contributed by atoms with Crippen LogP contribution in [0, 0.1) is 0 Å². The van der Waals surface area contributed by atoms with Crippen LogP contribution in [0.25, 0.3) is 6.08 Å². The molecule has 6 nitrogen and oxygen atoms in total. The topological polar surface area (TPSA) is 65.1 Å². The van der Waals surface area contributed by atoms with Crippen LogP contribution in [0.15, 0.2) is 83.8 Å². The number of ether oxygens (including phenoxy) is 3. The zero-order chi connectivity index (χ0) is 23.0. The number of methoxy groups -OCH3 is 1. The van der Waals surface area contributed by atoms with E-state index in [1.807, 2.05) is 66.7 Å². The third-order valence-corrected chi connectivity index (χ3v) is 5.80. The van der Waals surface area contributed by atoms with Crippen molar-refractivity contribution in [3.8, 4) is 17.2 Å². The molecule has 4 rings (SSSR count). The summed E-state index contributed by atoms with van der Waals surface area (Å²) in [5, 5.41) is -0.277. The van der Waals surface area contributed by atoms with Gasteiger partial charge in [0.25, 0.3) is 11.1 Å². The van der Waals surface area contributed by atoms with Crippen LogP contribution in [0.4, 0.5) is 4.79 Å². The summed E-state index contributed by atoms with van der Waals surface area (Å²) in [6.07, 6.45) is 1.70. The van der Waals surface area contributed by atoms with E-state index >= 15 is 0 Å². The molecule has 1 saturated heterocycles. The highest BCUT2D eigenvalue weighted by Crippen LogP contribution is 2.35. The van der Waals surface area contributed by atoms with E-state index in [-0.39, 0.29) is 17.7 Å². The quantitative estimate of drug-likeness (QED) is 0.314. The molecule has 0 N–H and O–H groups in total. The Morgan fingerprint density at radius 3 is 2.27 bits per heavy atom. The van der Waals surface area contributed by atoms with Gasteiger partial charge in [-0.05, 0) is 53.2 Å². The van der Waals surface area contributed by atoms with E-state index in [1.54, 1.807) is 25.3 Å². The summed E-state index contributed by atoms with van der Waals surface area (Å²) in [6.45, 7) is 0.996. The number of hydrogen-bond donors (Lipinski definition) is 0. The van der Waals surface area contributed by atoms with Gasteiger partial charge < -0.3 is 14.2 Å². The van der Waals surface area contributed by atoms with Gasteiger partial charge in [0.05, 0.1) is 18.6 Å². The summed E-state index contributed by atoms with van der Waals surface area (Å²) in [4.78, 5) is 26.8. The molecule has 1 aliphatic rings. The number of rotatable bonds is 9. The first kappa shape index (κ1) is 22.5. The summed E-state index contributed by atoms with van der Waals surface area (Å²) < 4.78 is 16.9. The molecule has 1 heterocycles. The molecule has 7 heteroatoms. The van der Waals surface area contributed by atoms with E-state index in [0.717, 1.165) is 28.6 Å². The molecule has 0 saturated carbocycles. The predicted molar refractivity (Wildman–Crippen MR) is 128 cm³/mol. The lowest BCUT2D eigenvalue weighted by molar-refractivity contribution is -0.123. The van der Waals surface area contributed by atoms with Gasteiger partial charge in [0, 0.05) is 0 Å². The molecule has 0 radical (unpaired) electrons. The summed E-state index contributed by atoms with van der Waals surface area (Å²) in [5.74, 6) is 1.59. The highest BCUT2D eigenvalue weighted by molar-refractivity contribution is 8.18. The maximum absolute atomic E-state index is 12.8. The maximum atomic E-state index is 12.8. The van der Waals surface area contributed by atoms with Crippen LogP contribution in [-0.2, 0) is 11.3 Å². The zero-order valence-corrected chi connectivity index (χ0v) is 18.9. The Morgan fingerprint density at radius 2 is 1.55 bits per heavy atom. The lowest BCUT2D eigenvalue weighted by atomic mass is 10.1. The van der Waals surface area contributed by atoms with Crippen molar-refractivity contribution in [1.29, 1.82) is 0 Å². The Bertz CT molecular complexity index is 1150. The van der Waals surface area contributed by atoms with Gasteiger partial charge in [0.15, 0.2) is 11.5 Å². The molecular formula is C26H23NO5S. The molecule has 0 aromatic heterocycles. The van der Waals surface area contributed by atoms with Crippen molar-refractivity contribution in [2.24, 2.45) is 0 Å². The molecule has 33 heavy (non-hydrogen) atoms. The van der Waals surface area contributed by atoms with Crippen molar-refractivity contribution in [3.05, 3.63) is 94.9 Å². The van der Waals surface area contributed by atoms with Gasteiger partial charge in [-0.3, -0.25) is 14.5 Å². The molecule has 168 valence electrons. The number of carbonyl (C=O) groups excluding carboxylic acids is 2. The van der Waals surface area contributed by atoms with Crippen LogP contribution in [0.1, 0.15) is 11.1 Å². The highest BCUT2D eigenvalue weighted by Gasteiger charge is 2.34. The molecule has 0 bridgehead atoms. The van der Waals surface area contributed by atoms with Crippen LogP contribution in [-0.4, -0.2) is 36.4 Å².